The molecule has 9 heteroatoms. The van der Waals surface area contributed by atoms with Crippen LogP contribution in [-0.4, -0.2) is 43.6 Å². The topological polar surface area (TPSA) is 86.7 Å². The highest BCUT2D eigenvalue weighted by Gasteiger charge is 2.41. The number of thioether (sulfide) groups is 2. The molecule has 2 N–H and O–H groups in total. The van der Waals surface area contributed by atoms with Crippen LogP contribution in [-0.2, 0) is 20.6 Å². The molecule has 0 saturated heterocycles. The third-order valence-corrected chi connectivity index (χ3v) is 9.72. The van der Waals surface area contributed by atoms with E-state index in [0.717, 1.165) is 54.7 Å². The van der Waals surface area contributed by atoms with Crippen molar-refractivity contribution in [2.75, 3.05) is 23.5 Å². The Bertz CT molecular complexity index is 1100. The maximum atomic E-state index is 13.9. The fraction of sp³-hybridized carbons (Fsp3) is 0.500. The Hall–Kier alpha value is -1.68. The molecule has 0 saturated carbocycles. The summed E-state index contributed by atoms with van der Waals surface area (Å²) in [4.78, 5) is 14.4. The largest absolute Gasteiger partial charge is 0.481 e. The lowest BCUT2D eigenvalue weighted by atomic mass is 9.87. The minimum atomic E-state index is -3.80. The molecular formula is C26H36N2O4S3. The zero-order valence-electron chi connectivity index (χ0n) is 20.7. The van der Waals surface area contributed by atoms with Crippen molar-refractivity contribution in [3.05, 3.63) is 48.0 Å². The van der Waals surface area contributed by atoms with Gasteiger partial charge in [0.1, 0.15) is 4.90 Å². The third kappa shape index (κ3) is 6.96. The molecule has 6 nitrogen and oxygen atoms in total. The normalized spacial score (nSPS) is 16.5. The van der Waals surface area contributed by atoms with Gasteiger partial charge in [0, 0.05) is 22.9 Å². The number of para-hydroxylation sites is 1. The van der Waals surface area contributed by atoms with Gasteiger partial charge in [-0.1, -0.05) is 57.7 Å². The van der Waals surface area contributed by atoms with Gasteiger partial charge in [-0.15, -0.1) is 23.5 Å². The first kappa shape index (κ1) is 27.9. The highest BCUT2D eigenvalue weighted by atomic mass is 32.2. The van der Waals surface area contributed by atoms with Crippen molar-refractivity contribution in [1.29, 1.82) is 0 Å². The lowest BCUT2D eigenvalue weighted by Gasteiger charge is -2.37. The van der Waals surface area contributed by atoms with Gasteiger partial charge in [-0.2, -0.15) is 0 Å². The van der Waals surface area contributed by atoms with Crippen LogP contribution in [0.1, 0.15) is 57.9 Å². The van der Waals surface area contributed by atoms with Crippen LogP contribution < -0.4 is 9.62 Å². The number of carboxylic acids is 1. The molecule has 1 heterocycles. The molecular weight excluding hydrogens is 500 g/mol. The Morgan fingerprint density at radius 1 is 1.11 bits per heavy atom. The van der Waals surface area contributed by atoms with Crippen molar-refractivity contribution in [2.24, 2.45) is 0 Å². The van der Waals surface area contributed by atoms with Gasteiger partial charge in [0.2, 0.25) is 10.0 Å². The van der Waals surface area contributed by atoms with Crippen LogP contribution in [0, 0.1) is 0 Å². The highest BCUT2D eigenvalue weighted by Crippen LogP contribution is 2.42. The van der Waals surface area contributed by atoms with Crippen molar-refractivity contribution in [2.45, 2.75) is 73.5 Å². The maximum absolute atomic E-state index is 13.9. The van der Waals surface area contributed by atoms with Gasteiger partial charge < -0.3 is 10.0 Å². The van der Waals surface area contributed by atoms with E-state index < -0.39 is 21.5 Å². The number of sulfonamides is 1. The first-order valence-corrected chi connectivity index (χ1v) is 16.0. The Morgan fingerprint density at radius 2 is 1.77 bits per heavy atom. The van der Waals surface area contributed by atoms with Crippen LogP contribution in [0.2, 0.25) is 0 Å². The first-order chi connectivity index (χ1) is 16.7. The average Bonchev–Trinajstić information content (AvgIpc) is 2.93. The Morgan fingerprint density at radius 3 is 2.34 bits per heavy atom. The van der Waals surface area contributed by atoms with E-state index in [1.807, 2.05) is 42.7 Å². The number of rotatable bonds is 12. The number of carbonyl (C=O) groups is 1. The lowest BCUT2D eigenvalue weighted by molar-refractivity contribution is -0.133. The molecule has 0 aliphatic carbocycles. The second-order valence-corrected chi connectivity index (χ2v) is 12.5. The summed E-state index contributed by atoms with van der Waals surface area (Å²) in [6.07, 6.45) is 7.39. The smallest absolute Gasteiger partial charge is 0.313 e. The summed E-state index contributed by atoms with van der Waals surface area (Å²) < 4.78 is 31.0. The molecule has 0 amide bonds. The molecule has 1 aliphatic heterocycles. The van der Waals surface area contributed by atoms with Gasteiger partial charge in [-0.3, -0.25) is 4.79 Å². The van der Waals surface area contributed by atoms with Crippen LogP contribution in [0.15, 0.2) is 52.3 Å². The SMILES string of the molecule is CCCCC1(CCCC)CN(c2ccccc2)c2cc(SC)c(CSCC(=O)O)cc2S(=O)(=O)N1. The molecule has 1 aliphatic rings. The van der Waals surface area contributed by atoms with Gasteiger partial charge in [0.15, 0.2) is 0 Å². The van der Waals surface area contributed by atoms with E-state index in [4.69, 9.17) is 5.11 Å². The standard InChI is InChI=1S/C26H36N2O4S3/c1-4-6-13-26(14-7-5-2)19-28(21-11-9-8-10-12-21)22-16-23(33-3)20(17-34-18-25(29)30)15-24(22)35(31,32)27-26/h8-12,15-16,27H,4-7,13-14,17-19H2,1-3H3,(H,29,30). The van der Waals surface area contributed by atoms with E-state index in [2.05, 4.69) is 23.5 Å². The monoisotopic (exact) mass is 536 g/mol. The molecule has 35 heavy (non-hydrogen) atoms. The van der Waals surface area contributed by atoms with Crippen molar-refractivity contribution in [3.8, 4) is 0 Å². The Balaban J connectivity index is 2.19. The zero-order chi connectivity index (χ0) is 25.5. The quantitative estimate of drug-likeness (QED) is 0.309. The number of hydrogen-bond acceptors (Lipinski definition) is 6. The number of aliphatic carboxylic acids is 1. The fourth-order valence-corrected chi connectivity index (χ4v) is 7.72. The molecule has 192 valence electrons. The van der Waals surface area contributed by atoms with E-state index in [1.165, 1.54) is 11.8 Å². The highest BCUT2D eigenvalue weighted by molar-refractivity contribution is 7.99. The summed E-state index contributed by atoms with van der Waals surface area (Å²) in [6, 6.07) is 13.7. The van der Waals surface area contributed by atoms with E-state index in [9.17, 15) is 13.2 Å². The zero-order valence-corrected chi connectivity index (χ0v) is 23.2. The number of fused-ring (bicyclic) bond motifs is 1. The van der Waals surface area contributed by atoms with E-state index in [1.54, 1.807) is 17.8 Å². The molecule has 0 fully saturated rings. The van der Waals surface area contributed by atoms with Crippen LogP contribution in [0.25, 0.3) is 0 Å². The maximum Gasteiger partial charge on any atom is 0.313 e. The third-order valence-electron chi connectivity index (χ3n) is 6.32. The van der Waals surface area contributed by atoms with Crippen LogP contribution in [0.5, 0.6) is 0 Å². The molecule has 0 atom stereocenters. The predicted molar refractivity (Wildman–Crippen MR) is 148 cm³/mol. The average molecular weight is 537 g/mol. The number of benzene rings is 2. The van der Waals surface area contributed by atoms with Gasteiger partial charge >= 0.3 is 5.97 Å². The van der Waals surface area contributed by atoms with Crippen molar-refractivity contribution < 1.29 is 18.3 Å². The second kappa shape index (κ2) is 12.5. The lowest BCUT2D eigenvalue weighted by Crippen LogP contribution is -2.53. The first-order valence-electron chi connectivity index (χ1n) is 12.1. The molecule has 3 rings (SSSR count). The molecule has 0 radical (unpaired) electrons. The Kier molecular flexibility index (Phi) is 9.98. The summed E-state index contributed by atoms with van der Waals surface area (Å²) in [5, 5.41) is 9.05. The molecule has 0 spiro atoms. The summed E-state index contributed by atoms with van der Waals surface area (Å²) in [5.74, 6) is -0.465. The van der Waals surface area contributed by atoms with Gasteiger partial charge in [-0.25, -0.2) is 13.1 Å². The fourth-order valence-electron chi connectivity index (χ4n) is 4.58. The second-order valence-electron chi connectivity index (χ2n) is 9.03. The van der Waals surface area contributed by atoms with E-state index in [-0.39, 0.29) is 10.6 Å². The van der Waals surface area contributed by atoms with Crippen molar-refractivity contribution >= 4 is 50.9 Å². The van der Waals surface area contributed by atoms with Gasteiger partial charge in [0.05, 0.1) is 17.0 Å². The van der Waals surface area contributed by atoms with Crippen molar-refractivity contribution in [3.63, 3.8) is 0 Å². The number of carboxylic acid groups (broad SMARTS) is 1. The van der Waals surface area contributed by atoms with Crippen molar-refractivity contribution in [1.82, 2.24) is 4.72 Å². The minimum Gasteiger partial charge on any atom is -0.481 e. The number of anilines is 2. The summed E-state index contributed by atoms with van der Waals surface area (Å²) >= 11 is 2.83. The van der Waals surface area contributed by atoms with Gasteiger partial charge in [-0.05, 0) is 48.9 Å². The number of nitrogens with one attached hydrogen (secondary N) is 1. The molecule has 0 aromatic heterocycles. The summed E-state index contributed by atoms with van der Waals surface area (Å²) in [7, 11) is -3.80. The molecule has 0 unspecified atom stereocenters. The minimum absolute atomic E-state index is 0.0246. The van der Waals surface area contributed by atoms with Crippen LogP contribution >= 0.6 is 23.5 Å². The summed E-state index contributed by atoms with van der Waals surface area (Å²) in [6.45, 7) is 4.83. The van der Waals surface area contributed by atoms with E-state index >= 15 is 0 Å². The molecule has 0 bridgehead atoms. The van der Waals surface area contributed by atoms with E-state index in [0.29, 0.717) is 18.0 Å². The number of nitrogens with zero attached hydrogens (tertiary/aromatic N) is 1. The Labute approximate surface area is 218 Å². The molecule has 2 aromatic rings. The number of unbranched alkanes of at least 4 members (excludes halogenated alkanes) is 2. The summed E-state index contributed by atoms with van der Waals surface area (Å²) in [5.41, 5.74) is 1.91. The number of hydrogen-bond donors (Lipinski definition) is 2. The predicted octanol–water partition coefficient (Wildman–Crippen LogP) is 6.28. The van der Waals surface area contributed by atoms with Crippen LogP contribution in [0.4, 0.5) is 11.4 Å². The van der Waals surface area contributed by atoms with Gasteiger partial charge in [0.25, 0.3) is 0 Å². The molecule has 2 aromatic carbocycles. The van der Waals surface area contributed by atoms with Crippen LogP contribution in [0.3, 0.4) is 0 Å².